The van der Waals surface area contributed by atoms with Crippen molar-refractivity contribution in [1.29, 1.82) is 0 Å². The summed E-state index contributed by atoms with van der Waals surface area (Å²) in [5.41, 5.74) is 2.10. The van der Waals surface area contributed by atoms with E-state index in [1.165, 1.54) is 11.3 Å². The molecule has 0 spiro atoms. The topological polar surface area (TPSA) is 92.8 Å². The van der Waals surface area contributed by atoms with Gasteiger partial charge >= 0.3 is 0 Å². The third-order valence-corrected chi connectivity index (χ3v) is 6.49. The van der Waals surface area contributed by atoms with Gasteiger partial charge in [0.1, 0.15) is 11.4 Å². The summed E-state index contributed by atoms with van der Waals surface area (Å²) in [7, 11) is 1.61. The van der Waals surface area contributed by atoms with Gasteiger partial charge in [0.15, 0.2) is 5.13 Å². The molecular weight excluding hydrogens is 464 g/mol. The number of hydrogen-bond acceptors (Lipinski definition) is 7. The van der Waals surface area contributed by atoms with Crippen molar-refractivity contribution < 1.29 is 19.1 Å². The molecule has 9 heteroatoms. The third kappa shape index (κ3) is 7.03. The van der Waals surface area contributed by atoms with E-state index < -0.39 is 0 Å². The number of aromatic nitrogens is 1. The summed E-state index contributed by atoms with van der Waals surface area (Å²) in [4.78, 5) is 32.0. The van der Waals surface area contributed by atoms with Gasteiger partial charge in [0, 0.05) is 38.0 Å². The van der Waals surface area contributed by atoms with Crippen molar-refractivity contribution in [3.63, 3.8) is 0 Å². The first-order valence-corrected chi connectivity index (χ1v) is 12.6. The average Bonchev–Trinajstić information content (AvgIpc) is 3.58. The number of nitrogens with zero attached hydrogens (tertiary/aromatic N) is 2. The fourth-order valence-electron chi connectivity index (χ4n) is 3.87. The smallest absolute Gasteiger partial charge is 0.273 e. The Morgan fingerprint density at radius 3 is 2.74 bits per heavy atom. The predicted molar refractivity (Wildman–Crippen MR) is 136 cm³/mol. The van der Waals surface area contributed by atoms with Crippen LogP contribution in [0.1, 0.15) is 35.3 Å². The van der Waals surface area contributed by atoms with Crippen molar-refractivity contribution in [2.24, 2.45) is 0 Å². The first kappa shape index (κ1) is 24.7. The number of hydrogen-bond donors (Lipinski definition) is 2. The van der Waals surface area contributed by atoms with E-state index in [4.69, 9.17) is 9.47 Å². The molecule has 2 heterocycles. The molecule has 184 valence electrons. The molecule has 8 nitrogen and oxygen atoms in total. The molecule has 1 saturated heterocycles. The van der Waals surface area contributed by atoms with Crippen LogP contribution in [0.25, 0.3) is 0 Å². The zero-order valence-electron chi connectivity index (χ0n) is 19.7. The number of benzene rings is 2. The van der Waals surface area contributed by atoms with Crippen LogP contribution in [0.5, 0.6) is 5.75 Å². The van der Waals surface area contributed by atoms with Gasteiger partial charge in [-0.1, -0.05) is 42.5 Å². The van der Waals surface area contributed by atoms with Crippen LogP contribution in [0.3, 0.4) is 0 Å². The van der Waals surface area contributed by atoms with E-state index in [0.29, 0.717) is 29.7 Å². The molecule has 4 rings (SSSR count). The first-order valence-electron chi connectivity index (χ1n) is 11.7. The number of amides is 2. The largest absolute Gasteiger partial charge is 0.495 e. The molecular formula is C26H30N4O4S. The van der Waals surface area contributed by atoms with Crippen LogP contribution < -0.4 is 15.4 Å². The van der Waals surface area contributed by atoms with E-state index in [-0.39, 0.29) is 30.9 Å². The average molecular weight is 495 g/mol. The SMILES string of the molecule is COc1ccccc1Nc1nc(C(=O)N(CCC(=O)NCC2CCCO2)Cc2ccccc2)cs1. The Morgan fingerprint density at radius 2 is 1.97 bits per heavy atom. The highest BCUT2D eigenvalue weighted by atomic mass is 32.1. The van der Waals surface area contributed by atoms with Crippen molar-refractivity contribution in [1.82, 2.24) is 15.2 Å². The van der Waals surface area contributed by atoms with Crippen molar-refractivity contribution >= 4 is 34.0 Å². The Hall–Kier alpha value is -3.43. The van der Waals surface area contributed by atoms with Gasteiger partial charge in [-0.15, -0.1) is 11.3 Å². The molecule has 1 aliphatic rings. The summed E-state index contributed by atoms with van der Waals surface area (Å²) in [6.45, 7) is 1.94. The van der Waals surface area contributed by atoms with Crippen LogP contribution in [0.15, 0.2) is 60.0 Å². The lowest BCUT2D eigenvalue weighted by Gasteiger charge is -2.22. The molecule has 0 radical (unpaired) electrons. The molecule has 35 heavy (non-hydrogen) atoms. The maximum atomic E-state index is 13.4. The first-order chi connectivity index (χ1) is 17.1. The maximum Gasteiger partial charge on any atom is 0.273 e. The van der Waals surface area contributed by atoms with Crippen LogP contribution in [-0.4, -0.2) is 54.6 Å². The molecule has 0 saturated carbocycles. The minimum Gasteiger partial charge on any atom is -0.495 e. The van der Waals surface area contributed by atoms with Gasteiger partial charge in [0.05, 0.1) is 18.9 Å². The van der Waals surface area contributed by atoms with Crippen molar-refractivity contribution in [2.45, 2.75) is 31.9 Å². The summed E-state index contributed by atoms with van der Waals surface area (Å²) in [5, 5.41) is 8.47. The zero-order valence-corrected chi connectivity index (χ0v) is 20.6. The molecule has 2 amide bonds. The molecule has 2 aromatic carbocycles. The van der Waals surface area contributed by atoms with Crippen molar-refractivity contribution in [3.05, 3.63) is 71.2 Å². The van der Waals surface area contributed by atoms with Crippen molar-refractivity contribution in [2.75, 3.05) is 32.1 Å². The number of ether oxygens (including phenoxy) is 2. The van der Waals surface area contributed by atoms with Gasteiger partial charge in [0.25, 0.3) is 5.91 Å². The highest BCUT2D eigenvalue weighted by Gasteiger charge is 2.21. The third-order valence-electron chi connectivity index (χ3n) is 5.74. The minimum absolute atomic E-state index is 0.0881. The second-order valence-electron chi connectivity index (χ2n) is 8.26. The Balaban J connectivity index is 1.41. The molecule has 2 N–H and O–H groups in total. The van der Waals surface area contributed by atoms with E-state index >= 15 is 0 Å². The maximum absolute atomic E-state index is 13.4. The second-order valence-corrected chi connectivity index (χ2v) is 9.12. The van der Waals surface area contributed by atoms with Gasteiger partial charge in [-0.2, -0.15) is 0 Å². The van der Waals surface area contributed by atoms with Crippen LogP contribution in [-0.2, 0) is 16.1 Å². The van der Waals surface area contributed by atoms with Gasteiger partial charge in [-0.05, 0) is 30.5 Å². The lowest BCUT2D eigenvalue weighted by atomic mass is 10.2. The van der Waals surface area contributed by atoms with Crippen LogP contribution >= 0.6 is 11.3 Å². The Labute approximate surface area is 209 Å². The number of carbonyl (C=O) groups excluding carboxylic acids is 2. The molecule has 3 aromatic rings. The van der Waals surface area contributed by atoms with Crippen LogP contribution in [0, 0.1) is 0 Å². The number of thiazole rings is 1. The van der Waals surface area contributed by atoms with Gasteiger partial charge in [0.2, 0.25) is 5.91 Å². The fraction of sp³-hybridized carbons (Fsp3) is 0.346. The molecule has 1 atom stereocenters. The number of para-hydroxylation sites is 2. The molecule has 1 aliphatic heterocycles. The van der Waals surface area contributed by atoms with E-state index in [2.05, 4.69) is 15.6 Å². The number of methoxy groups -OCH3 is 1. The predicted octanol–water partition coefficient (Wildman–Crippen LogP) is 4.22. The minimum atomic E-state index is -0.217. The fourth-order valence-corrected chi connectivity index (χ4v) is 4.57. The number of anilines is 2. The summed E-state index contributed by atoms with van der Waals surface area (Å²) >= 11 is 1.34. The zero-order chi connectivity index (χ0) is 24.5. The van der Waals surface area contributed by atoms with Crippen LogP contribution in [0.4, 0.5) is 10.8 Å². The van der Waals surface area contributed by atoms with E-state index in [1.54, 1.807) is 17.4 Å². The Bertz CT molecular complexity index is 1120. The summed E-state index contributed by atoms with van der Waals surface area (Å²) < 4.78 is 10.9. The Kier molecular flexibility index (Phi) is 8.69. The van der Waals surface area contributed by atoms with Crippen molar-refractivity contribution in [3.8, 4) is 5.75 Å². The molecule has 1 unspecified atom stereocenters. The molecule has 1 aromatic heterocycles. The van der Waals surface area contributed by atoms with E-state index in [1.807, 2.05) is 54.6 Å². The molecule has 1 fully saturated rings. The number of nitrogens with one attached hydrogen (secondary N) is 2. The van der Waals surface area contributed by atoms with E-state index in [0.717, 1.165) is 30.7 Å². The lowest BCUT2D eigenvalue weighted by molar-refractivity contribution is -0.121. The summed E-state index contributed by atoms with van der Waals surface area (Å²) in [6, 6.07) is 17.3. The normalized spacial score (nSPS) is 14.9. The second kappa shape index (κ2) is 12.3. The number of carbonyl (C=O) groups is 2. The van der Waals surface area contributed by atoms with Crippen LogP contribution in [0.2, 0.25) is 0 Å². The summed E-state index contributed by atoms with van der Waals surface area (Å²) in [5.74, 6) is 0.378. The highest BCUT2D eigenvalue weighted by Crippen LogP contribution is 2.29. The van der Waals surface area contributed by atoms with Gasteiger partial charge < -0.3 is 25.0 Å². The van der Waals surface area contributed by atoms with E-state index in [9.17, 15) is 9.59 Å². The quantitative estimate of drug-likeness (QED) is 0.415. The van der Waals surface area contributed by atoms with Gasteiger partial charge in [-0.3, -0.25) is 9.59 Å². The molecule has 0 bridgehead atoms. The Morgan fingerprint density at radius 1 is 1.17 bits per heavy atom. The summed E-state index contributed by atoms with van der Waals surface area (Å²) in [6.07, 6.45) is 2.29. The van der Waals surface area contributed by atoms with Gasteiger partial charge in [-0.25, -0.2) is 4.98 Å². The monoisotopic (exact) mass is 494 g/mol. The lowest BCUT2D eigenvalue weighted by Crippen LogP contribution is -2.37. The standard InChI is InChI=1S/C26H30N4O4S/c1-33-23-12-6-5-11-21(23)28-26-29-22(18-35-26)25(32)30(17-19-8-3-2-4-9-19)14-13-24(31)27-16-20-10-7-15-34-20/h2-6,8-9,11-12,18,20H,7,10,13-17H2,1H3,(H,27,31)(H,28,29). The molecule has 0 aliphatic carbocycles. The number of rotatable bonds is 11. The highest BCUT2D eigenvalue weighted by molar-refractivity contribution is 7.14.